The number of carbonyl (C=O) groups is 3. The molecule has 1 unspecified atom stereocenters. The lowest BCUT2D eigenvalue weighted by molar-refractivity contribution is -0.126. The lowest BCUT2D eigenvalue weighted by atomic mass is 10.0. The Morgan fingerprint density at radius 1 is 0.960 bits per heavy atom. The maximum atomic E-state index is 12.3. The first-order valence-corrected chi connectivity index (χ1v) is 8.16. The molecule has 0 radical (unpaired) electrons. The molecule has 1 atom stereocenters. The molecule has 0 aliphatic heterocycles. The SMILES string of the molecule is CC(=O)NC(C(=O)Nc1ccc(NC(=O)OC(C)(C)C)cc1)C(C)C. The van der Waals surface area contributed by atoms with Crippen molar-refractivity contribution in [2.45, 2.75) is 53.2 Å². The molecule has 3 N–H and O–H groups in total. The zero-order valence-corrected chi connectivity index (χ0v) is 15.6. The Morgan fingerprint density at radius 3 is 1.84 bits per heavy atom. The standard InChI is InChI=1S/C18H27N3O4/c1-11(2)15(19-12(3)22)16(23)20-13-7-9-14(10-8-13)21-17(24)25-18(4,5)6/h7-11,15H,1-6H3,(H,19,22)(H,20,23)(H,21,24). The molecular weight excluding hydrogens is 322 g/mol. The molecular formula is C18H27N3O4. The lowest BCUT2D eigenvalue weighted by Gasteiger charge is -2.21. The average molecular weight is 349 g/mol. The van der Waals surface area contributed by atoms with Crippen molar-refractivity contribution < 1.29 is 19.1 Å². The minimum absolute atomic E-state index is 0.0444. The van der Waals surface area contributed by atoms with Crippen LogP contribution in [0.3, 0.4) is 0 Å². The molecule has 3 amide bonds. The number of hydrogen-bond donors (Lipinski definition) is 3. The summed E-state index contributed by atoms with van der Waals surface area (Å²) >= 11 is 0. The molecule has 0 aromatic heterocycles. The molecule has 7 heteroatoms. The zero-order chi connectivity index (χ0) is 19.2. The normalized spacial score (nSPS) is 12.3. The Labute approximate surface area is 148 Å². The predicted molar refractivity (Wildman–Crippen MR) is 97.4 cm³/mol. The van der Waals surface area contributed by atoms with Crippen molar-refractivity contribution in [1.82, 2.24) is 5.32 Å². The van der Waals surface area contributed by atoms with E-state index in [2.05, 4.69) is 16.0 Å². The van der Waals surface area contributed by atoms with E-state index >= 15 is 0 Å². The fourth-order valence-electron chi connectivity index (χ4n) is 2.03. The first-order chi connectivity index (χ1) is 11.5. The van der Waals surface area contributed by atoms with Gasteiger partial charge in [-0.15, -0.1) is 0 Å². The van der Waals surface area contributed by atoms with Gasteiger partial charge in [0.15, 0.2) is 0 Å². The maximum absolute atomic E-state index is 12.3. The highest BCUT2D eigenvalue weighted by molar-refractivity contribution is 5.97. The van der Waals surface area contributed by atoms with Crippen LogP contribution in [0, 0.1) is 5.92 Å². The van der Waals surface area contributed by atoms with Gasteiger partial charge in [0.1, 0.15) is 11.6 Å². The molecule has 0 bridgehead atoms. The van der Waals surface area contributed by atoms with E-state index in [1.165, 1.54) is 6.92 Å². The van der Waals surface area contributed by atoms with Gasteiger partial charge in [0.25, 0.3) is 0 Å². The number of anilines is 2. The third-order valence-electron chi connectivity index (χ3n) is 3.11. The van der Waals surface area contributed by atoms with E-state index in [4.69, 9.17) is 4.74 Å². The molecule has 0 aliphatic rings. The molecule has 0 saturated heterocycles. The van der Waals surface area contributed by atoms with E-state index in [-0.39, 0.29) is 17.7 Å². The van der Waals surface area contributed by atoms with Gasteiger partial charge in [-0.2, -0.15) is 0 Å². The van der Waals surface area contributed by atoms with Crippen molar-refractivity contribution in [3.63, 3.8) is 0 Å². The lowest BCUT2D eigenvalue weighted by Crippen LogP contribution is -2.46. The maximum Gasteiger partial charge on any atom is 0.412 e. The van der Waals surface area contributed by atoms with E-state index < -0.39 is 17.7 Å². The summed E-state index contributed by atoms with van der Waals surface area (Å²) in [5.41, 5.74) is 0.540. The van der Waals surface area contributed by atoms with Crippen LogP contribution >= 0.6 is 0 Å². The fourth-order valence-corrected chi connectivity index (χ4v) is 2.03. The summed E-state index contributed by atoms with van der Waals surface area (Å²) in [6, 6.07) is 6.02. The van der Waals surface area contributed by atoms with Crippen LogP contribution in [0.15, 0.2) is 24.3 Å². The number of ether oxygens (including phenoxy) is 1. The molecule has 1 rings (SSSR count). The zero-order valence-electron chi connectivity index (χ0n) is 15.6. The molecule has 0 fully saturated rings. The van der Waals surface area contributed by atoms with Crippen molar-refractivity contribution in [2.75, 3.05) is 10.6 Å². The monoisotopic (exact) mass is 349 g/mol. The molecule has 138 valence electrons. The molecule has 0 heterocycles. The van der Waals surface area contributed by atoms with Crippen molar-refractivity contribution >= 4 is 29.3 Å². The van der Waals surface area contributed by atoms with Gasteiger partial charge in [-0.25, -0.2) is 4.79 Å². The second kappa shape index (κ2) is 8.50. The third-order valence-corrected chi connectivity index (χ3v) is 3.11. The number of benzene rings is 1. The van der Waals surface area contributed by atoms with Crippen LogP contribution in [0.4, 0.5) is 16.2 Å². The Morgan fingerprint density at radius 2 is 1.44 bits per heavy atom. The summed E-state index contributed by atoms with van der Waals surface area (Å²) in [4.78, 5) is 35.2. The van der Waals surface area contributed by atoms with E-state index in [1.807, 2.05) is 13.8 Å². The molecule has 0 saturated carbocycles. The Kier molecular flexibility index (Phi) is 6.97. The molecule has 1 aromatic carbocycles. The molecule has 25 heavy (non-hydrogen) atoms. The number of rotatable bonds is 5. The second-order valence-corrected chi connectivity index (χ2v) is 7.12. The average Bonchev–Trinajstić information content (AvgIpc) is 2.44. The Balaban J connectivity index is 2.68. The van der Waals surface area contributed by atoms with Gasteiger partial charge in [-0.1, -0.05) is 13.8 Å². The van der Waals surface area contributed by atoms with Gasteiger partial charge in [0.2, 0.25) is 11.8 Å². The minimum Gasteiger partial charge on any atom is -0.444 e. The summed E-state index contributed by atoms with van der Waals surface area (Å²) < 4.78 is 5.17. The van der Waals surface area contributed by atoms with Crippen LogP contribution in [-0.2, 0) is 14.3 Å². The van der Waals surface area contributed by atoms with Crippen molar-refractivity contribution in [3.05, 3.63) is 24.3 Å². The number of nitrogens with one attached hydrogen (secondary N) is 3. The Hall–Kier alpha value is -2.57. The van der Waals surface area contributed by atoms with E-state index in [1.54, 1.807) is 45.0 Å². The van der Waals surface area contributed by atoms with Gasteiger partial charge < -0.3 is 15.4 Å². The summed E-state index contributed by atoms with van der Waals surface area (Å²) in [6.45, 7) is 10.4. The summed E-state index contributed by atoms with van der Waals surface area (Å²) in [5, 5.41) is 8.00. The summed E-state index contributed by atoms with van der Waals surface area (Å²) in [6.07, 6.45) is -0.546. The smallest absolute Gasteiger partial charge is 0.412 e. The van der Waals surface area contributed by atoms with Crippen LogP contribution in [0.2, 0.25) is 0 Å². The number of carbonyl (C=O) groups excluding carboxylic acids is 3. The van der Waals surface area contributed by atoms with Crippen LogP contribution in [0.25, 0.3) is 0 Å². The van der Waals surface area contributed by atoms with E-state index in [9.17, 15) is 14.4 Å². The topological polar surface area (TPSA) is 96.5 Å². The highest BCUT2D eigenvalue weighted by atomic mass is 16.6. The highest BCUT2D eigenvalue weighted by Gasteiger charge is 2.23. The highest BCUT2D eigenvalue weighted by Crippen LogP contribution is 2.16. The quantitative estimate of drug-likeness (QED) is 0.761. The van der Waals surface area contributed by atoms with Crippen molar-refractivity contribution in [3.8, 4) is 0 Å². The fraction of sp³-hybridized carbons (Fsp3) is 0.500. The third kappa shape index (κ3) is 7.69. The first-order valence-electron chi connectivity index (χ1n) is 8.16. The van der Waals surface area contributed by atoms with Gasteiger partial charge in [-0.05, 0) is 51.0 Å². The number of hydrogen-bond acceptors (Lipinski definition) is 4. The molecule has 1 aromatic rings. The van der Waals surface area contributed by atoms with E-state index in [0.29, 0.717) is 11.4 Å². The van der Waals surface area contributed by atoms with Gasteiger partial charge in [-0.3, -0.25) is 14.9 Å². The van der Waals surface area contributed by atoms with Crippen molar-refractivity contribution in [2.24, 2.45) is 5.92 Å². The van der Waals surface area contributed by atoms with Gasteiger partial charge in [0.05, 0.1) is 0 Å². The molecule has 0 spiro atoms. The van der Waals surface area contributed by atoms with Crippen LogP contribution in [0.1, 0.15) is 41.5 Å². The van der Waals surface area contributed by atoms with Gasteiger partial charge >= 0.3 is 6.09 Å². The van der Waals surface area contributed by atoms with Crippen LogP contribution in [0.5, 0.6) is 0 Å². The molecule has 0 aliphatic carbocycles. The second-order valence-electron chi connectivity index (χ2n) is 7.12. The summed E-state index contributed by atoms with van der Waals surface area (Å²) in [7, 11) is 0. The molecule has 7 nitrogen and oxygen atoms in total. The number of amides is 3. The van der Waals surface area contributed by atoms with Crippen molar-refractivity contribution in [1.29, 1.82) is 0 Å². The predicted octanol–water partition coefficient (Wildman–Crippen LogP) is 3.13. The van der Waals surface area contributed by atoms with Crippen LogP contribution in [-0.4, -0.2) is 29.6 Å². The van der Waals surface area contributed by atoms with Gasteiger partial charge in [0, 0.05) is 18.3 Å². The Bertz CT molecular complexity index is 618. The summed E-state index contributed by atoms with van der Waals surface area (Å²) in [5.74, 6) is -0.596. The largest absolute Gasteiger partial charge is 0.444 e. The van der Waals surface area contributed by atoms with E-state index in [0.717, 1.165) is 0 Å². The van der Waals surface area contributed by atoms with Crippen LogP contribution < -0.4 is 16.0 Å². The first kappa shape index (κ1) is 20.5. The minimum atomic E-state index is -0.614.